The number of fused-ring (bicyclic) bond motifs is 3. The van der Waals surface area contributed by atoms with E-state index in [1.54, 1.807) is 25.3 Å². The van der Waals surface area contributed by atoms with Gasteiger partial charge in [0.05, 0.1) is 40.5 Å². The number of alkyl halides is 3. The summed E-state index contributed by atoms with van der Waals surface area (Å²) in [6, 6.07) is 4.81. The standard InChI is InChI=1S/C18H14F3N5O2/c1-2-28-16-10(4-3-5-22-16)13-6-14-11(7-23-13)15-12(8-24-25-15)17(27)26(14)9-18(19,20)21/h3-8H,2,9H2,1H3,(H,24,25). The molecule has 0 aromatic carbocycles. The van der Waals surface area contributed by atoms with E-state index in [9.17, 15) is 18.0 Å². The van der Waals surface area contributed by atoms with Crippen LogP contribution in [0.15, 0.2) is 41.6 Å². The van der Waals surface area contributed by atoms with E-state index in [-0.39, 0.29) is 10.9 Å². The Bertz CT molecular complexity index is 1230. The quantitative estimate of drug-likeness (QED) is 0.579. The smallest absolute Gasteiger partial charge is 0.406 e. The van der Waals surface area contributed by atoms with Crippen molar-refractivity contribution in [1.82, 2.24) is 24.7 Å². The lowest BCUT2D eigenvalue weighted by molar-refractivity contribution is -0.140. The largest absolute Gasteiger partial charge is 0.477 e. The molecule has 0 fully saturated rings. The summed E-state index contributed by atoms with van der Waals surface area (Å²) in [5.74, 6) is 0.309. The Hall–Kier alpha value is -3.43. The van der Waals surface area contributed by atoms with E-state index in [0.29, 0.717) is 39.2 Å². The van der Waals surface area contributed by atoms with Crippen molar-refractivity contribution >= 4 is 21.8 Å². The third kappa shape index (κ3) is 3.06. The molecule has 4 aromatic heterocycles. The van der Waals surface area contributed by atoms with Gasteiger partial charge in [-0.1, -0.05) is 0 Å². The van der Waals surface area contributed by atoms with Crippen LogP contribution in [0.1, 0.15) is 6.92 Å². The van der Waals surface area contributed by atoms with Gasteiger partial charge in [-0.25, -0.2) is 4.98 Å². The van der Waals surface area contributed by atoms with E-state index < -0.39 is 18.3 Å². The van der Waals surface area contributed by atoms with Gasteiger partial charge in [0.15, 0.2) is 0 Å². The third-order valence-electron chi connectivity index (χ3n) is 4.22. The van der Waals surface area contributed by atoms with Crippen LogP contribution >= 0.6 is 0 Å². The highest BCUT2D eigenvalue weighted by Gasteiger charge is 2.30. The van der Waals surface area contributed by atoms with Crippen LogP contribution in [0.3, 0.4) is 0 Å². The molecule has 0 atom stereocenters. The van der Waals surface area contributed by atoms with Crippen LogP contribution in [0.5, 0.6) is 5.88 Å². The minimum atomic E-state index is -4.57. The number of pyridine rings is 3. The number of rotatable bonds is 4. The maximum absolute atomic E-state index is 13.1. The Morgan fingerprint density at radius 2 is 2.04 bits per heavy atom. The fraction of sp³-hybridized carbons (Fsp3) is 0.222. The summed E-state index contributed by atoms with van der Waals surface area (Å²) in [4.78, 5) is 21.1. The molecule has 1 N–H and O–H groups in total. The fourth-order valence-electron chi connectivity index (χ4n) is 3.09. The summed E-state index contributed by atoms with van der Waals surface area (Å²) in [5, 5.41) is 6.89. The van der Waals surface area contributed by atoms with Crippen molar-refractivity contribution in [3.05, 3.63) is 47.1 Å². The van der Waals surface area contributed by atoms with Gasteiger partial charge < -0.3 is 4.74 Å². The van der Waals surface area contributed by atoms with Crippen molar-refractivity contribution in [1.29, 1.82) is 0 Å². The van der Waals surface area contributed by atoms with Gasteiger partial charge in [-0.3, -0.25) is 19.4 Å². The van der Waals surface area contributed by atoms with E-state index in [1.165, 1.54) is 18.5 Å². The first-order chi connectivity index (χ1) is 13.4. The molecule has 4 rings (SSSR count). The van der Waals surface area contributed by atoms with Gasteiger partial charge in [-0.15, -0.1) is 0 Å². The van der Waals surface area contributed by atoms with Crippen LogP contribution < -0.4 is 10.3 Å². The molecule has 0 unspecified atom stereocenters. The Balaban J connectivity index is 2.02. The lowest BCUT2D eigenvalue weighted by atomic mass is 10.1. The summed E-state index contributed by atoms with van der Waals surface area (Å²) in [5.41, 5.74) is 0.520. The summed E-state index contributed by atoms with van der Waals surface area (Å²) in [7, 11) is 0. The summed E-state index contributed by atoms with van der Waals surface area (Å²) in [6.45, 7) is 0.742. The number of nitrogens with zero attached hydrogens (tertiary/aromatic N) is 4. The highest BCUT2D eigenvalue weighted by Crippen LogP contribution is 2.30. The zero-order valence-electron chi connectivity index (χ0n) is 14.6. The van der Waals surface area contributed by atoms with Crippen molar-refractivity contribution in [2.24, 2.45) is 0 Å². The minimum Gasteiger partial charge on any atom is -0.477 e. The average molecular weight is 389 g/mol. The van der Waals surface area contributed by atoms with Crippen molar-refractivity contribution < 1.29 is 17.9 Å². The second-order valence-electron chi connectivity index (χ2n) is 6.04. The van der Waals surface area contributed by atoms with Crippen molar-refractivity contribution in [3.63, 3.8) is 0 Å². The molecule has 4 aromatic rings. The van der Waals surface area contributed by atoms with Gasteiger partial charge >= 0.3 is 6.18 Å². The van der Waals surface area contributed by atoms with Crippen molar-refractivity contribution in [2.45, 2.75) is 19.6 Å². The normalized spacial score (nSPS) is 12.0. The summed E-state index contributed by atoms with van der Waals surface area (Å²) in [6.07, 6.45) is -0.391. The van der Waals surface area contributed by atoms with E-state index in [4.69, 9.17) is 4.74 Å². The van der Waals surface area contributed by atoms with Crippen LogP contribution in [-0.2, 0) is 6.54 Å². The van der Waals surface area contributed by atoms with Crippen LogP contribution in [-0.4, -0.2) is 37.5 Å². The third-order valence-corrected chi connectivity index (χ3v) is 4.22. The maximum atomic E-state index is 13.1. The van der Waals surface area contributed by atoms with E-state index >= 15 is 0 Å². The van der Waals surface area contributed by atoms with E-state index in [2.05, 4.69) is 20.2 Å². The molecule has 0 saturated heterocycles. The van der Waals surface area contributed by atoms with Crippen LogP contribution in [0.25, 0.3) is 33.1 Å². The van der Waals surface area contributed by atoms with Crippen molar-refractivity contribution in [2.75, 3.05) is 6.61 Å². The molecule has 144 valence electrons. The predicted molar refractivity (Wildman–Crippen MR) is 96.1 cm³/mol. The molecule has 0 amide bonds. The lowest BCUT2D eigenvalue weighted by Crippen LogP contribution is -2.28. The second kappa shape index (κ2) is 6.63. The van der Waals surface area contributed by atoms with E-state index in [0.717, 1.165) is 0 Å². The minimum absolute atomic E-state index is 0.0719. The van der Waals surface area contributed by atoms with Gasteiger partial charge in [0.2, 0.25) is 5.88 Å². The number of hydrogen-bond donors (Lipinski definition) is 1. The first-order valence-electron chi connectivity index (χ1n) is 8.39. The number of hydrogen-bond acceptors (Lipinski definition) is 5. The zero-order valence-corrected chi connectivity index (χ0v) is 14.6. The monoisotopic (exact) mass is 389 g/mol. The number of nitrogens with one attached hydrogen (secondary N) is 1. The lowest BCUT2D eigenvalue weighted by Gasteiger charge is -2.14. The zero-order chi connectivity index (χ0) is 19.9. The summed E-state index contributed by atoms with van der Waals surface area (Å²) < 4.78 is 45.6. The second-order valence-corrected chi connectivity index (χ2v) is 6.04. The Kier molecular flexibility index (Phi) is 4.25. The summed E-state index contributed by atoms with van der Waals surface area (Å²) >= 11 is 0. The molecule has 4 heterocycles. The maximum Gasteiger partial charge on any atom is 0.406 e. The highest BCUT2D eigenvalue weighted by molar-refractivity contribution is 6.03. The molecule has 0 aliphatic carbocycles. The van der Waals surface area contributed by atoms with Gasteiger partial charge in [0.1, 0.15) is 6.54 Å². The number of halogens is 3. The molecular formula is C18H14F3N5O2. The molecule has 0 radical (unpaired) electrons. The molecule has 0 aliphatic rings. The van der Waals surface area contributed by atoms with Gasteiger partial charge in [0, 0.05) is 17.8 Å². The van der Waals surface area contributed by atoms with Crippen molar-refractivity contribution in [3.8, 4) is 17.1 Å². The first-order valence-corrected chi connectivity index (χ1v) is 8.39. The predicted octanol–water partition coefficient (Wildman–Crippen LogP) is 3.30. The average Bonchev–Trinajstić information content (AvgIpc) is 3.15. The van der Waals surface area contributed by atoms with Gasteiger partial charge in [-0.05, 0) is 25.1 Å². The van der Waals surface area contributed by atoms with Crippen LogP contribution in [0.2, 0.25) is 0 Å². The molecule has 7 nitrogen and oxygen atoms in total. The topological polar surface area (TPSA) is 85.7 Å². The molecule has 28 heavy (non-hydrogen) atoms. The highest BCUT2D eigenvalue weighted by atomic mass is 19.4. The molecule has 10 heteroatoms. The molecule has 0 bridgehead atoms. The van der Waals surface area contributed by atoms with Gasteiger partial charge in [-0.2, -0.15) is 18.3 Å². The molecular weight excluding hydrogens is 375 g/mol. The fourth-order valence-corrected chi connectivity index (χ4v) is 3.09. The number of ether oxygens (including phenoxy) is 1. The number of H-pyrrole nitrogens is 1. The Morgan fingerprint density at radius 1 is 1.21 bits per heavy atom. The number of aromatic amines is 1. The SMILES string of the molecule is CCOc1ncccc1-c1cc2c(cn1)c1[nH]ncc1c(=O)n2CC(F)(F)F. The number of aromatic nitrogens is 5. The molecule has 0 saturated carbocycles. The first kappa shape index (κ1) is 18.0. The van der Waals surface area contributed by atoms with Crippen LogP contribution in [0, 0.1) is 0 Å². The van der Waals surface area contributed by atoms with Crippen LogP contribution in [0.4, 0.5) is 13.2 Å². The molecule has 0 spiro atoms. The Morgan fingerprint density at radius 3 is 2.79 bits per heavy atom. The van der Waals surface area contributed by atoms with E-state index in [1.807, 2.05) is 0 Å². The Labute approximate surface area is 155 Å². The van der Waals surface area contributed by atoms with Gasteiger partial charge in [0.25, 0.3) is 5.56 Å². The molecule has 0 aliphatic heterocycles.